The Kier molecular flexibility index (Phi) is 6.83. The zero-order valence-electron chi connectivity index (χ0n) is 30.5. The van der Waals surface area contributed by atoms with Crippen molar-refractivity contribution in [3.63, 3.8) is 0 Å². The Bertz CT molecular complexity index is 3450. The molecular formula is C51H31N5O. The predicted molar refractivity (Wildman–Crippen MR) is 232 cm³/mol. The molecule has 0 aliphatic heterocycles. The van der Waals surface area contributed by atoms with Gasteiger partial charge < -0.3 is 13.6 Å². The molecule has 12 rings (SSSR count). The van der Waals surface area contributed by atoms with Gasteiger partial charge in [0.1, 0.15) is 5.58 Å². The smallest absolute Gasteiger partial charge is 0.164 e. The van der Waals surface area contributed by atoms with Crippen LogP contribution in [0.1, 0.15) is 0 Å². The number of benzene rings is 8. The van der Waals surface area contributed by atoms with Gasteiger partial charge in [0.2, 0.25) is 0 Å². The van der Waals surface area contributed by atoms with Crippen molar-refractivity contribution in [3.05, 3.63) is 188 Å². The Morgan fingerprint density at radius 2 is 0.895 bits per heavy atom. The van der Waals surface area contributed by atoms with Crippen LogP contribution >= 0.6 is 0 Å². The fraction of sp³-hybridized carbons (Fsp3) is 0. The number of aromatic nitrogens is 5. The molecule has 0 N–H and O–H groups in total. The molecule has 0 atom stereocenters. The van der Waals surface area contributed by atoms with Gasteiger partial charge in [0, 0.05) is 60.4 Å². The highest BCUT2D eigenvalue weighted by molar-refractivity contribution is 6.29. The number of fused-ring (bicyclic) bond motifs is 11. The van der Waals surface area contributed by atoms with Gasteiger partial charge in [0.25, 0.3) is 0 Å². The van der Waals surface area contributed by atoms with Crippen molar-refractivity contribution in [2.24, 2.45) is 0 Å². The minimum absolute atomic E-state index is 0.614. The highest BCUT2D eigenvalue weighted by Crippen LogP contribution is 2.45. The SMILES string of the molecule is c1ccc(-c2nc(-c3ccccc3)nc(-c3cccc(-n4c5ccccc5c5ccc6c(c7ccc8c9ccccc9oc8c7n6-c6ccccc6)c54)c3)n2)cc1. The molecule has 4 aromatic heterocycles. The van der Waals surface area contributed by atoms with E-state index in [-0.39, 0.29) is 0 Å². The van der Waals surface area contributed by atoms with E-state index in [0.717, 1.165) is 82.8 Å². The molecule has 6 nitrogen and oxygen atoms in total. The third kappa shape index (κ3) is 4.81. The first-order chi connectivity index (χ1) is 28.3. The van der Waals surface area contributed by atoms with Crippen molar-refractivity contribution in [3.8, 4) is 45.5 Å². The minimum atomic E-state index is 0.614. The zero-order chi connectivity index (χ0) is 37.5. The van der Waals surface area contributed by atoms with Gasteiger partial charge >= 0.3 is 0 Å². The maximum atomic E-state index is 6.74. The van der Waals surface area contributed by atoms with Crippen molar-refractivity contribution in [2.45, 2.75) is 0 Å². The monoisotopic (exact) mass is 729 g/mol. The normalized spacial score (nSPS) is 11.9. The minimum Gasteiger partial charge on any atom is -0.454 e. The van der Waals surface area contributed by atoms with Crippen molar-refractivity contribution in [1.29, 1.82) is 0 Å². The molecule has 12 aromatic rings. The average molecular weight is 730 g/mol. The highest BCUT2D eigenvalue weighted by Gasteiger charge is 2.24. The number of hydrogen-bond acceptors (Lipinski definition) is 4. The second kappa shape index (κ2) is 12.3. The van der Waals surface area contributed by atoms with Crippen LogP contribution in [0.5, 0.6) is 0 Å². The Balaban J connectivity index is 1.17. The van der Waals surface area contributed by atoms with Gasteiger partial charge in [-0.05, 0) is 48.5 Å². The molecule has 0 aliphatic rings. The summed E-state index contributed by atoms with van der Waals surface area (Å²) in [4.78, 5) is 15.1. The molecule has 0 amide bonds. The third-order valence-electron chi connectivity index (χ3n) is 11.1. The summed E-state index contributed by atoms with van der Waals surface area (Å²) in [5, 5.41) is 6.86. The first-order valence-corrected chi connectivity index (χ1v) is 19.1. The average Bonchev–Trinajstić information content (AvgIpc) is 3.95. The molecule has 6 heteroatoms. The maximum absolute atomic E-state index is 6.74. The van der Waals surface area contributed by atoms with Crippen LogP contribution in [0.15, 0.2) is 192 Å². The van der Waals surface area contributed by atoms with Crippen LogP contribution in [-0.2, 0) is 0 Å². The molecule has 0 aliphatic carbocycles. The first kappa shape index (κ1) is 31.5. The molecule has 8 aromatic carbocycles. The molecule has 0 spiro atoms. The van der Waals surface area contributed by atoms with Gasteiger partial charge in [-0.25, -0.2) is 15.0 Å². The number of nitrogens with zero attached hydrogens (tertiary/aromatic N) is 5. The Hall–Kier alpha value is -7.83. The predicted octanol–water partition coefficient (Wildman–Crippen LogP) is 13.0. The van der Waals surface area contributed by atoms with Crippen LogP contribution in [0.25, 0.3) is 111 Å². The zero-order valence-corrected chi connectivity index (χ0v) is 30.5. The summed E-state index contributed by atoms with van der Waals surface area (Å²) >= 11 is 0. The van der Waals surface area contributed by atoms with Gasteiger partial charge in [0.15, 0.2) is 23.1 Å². The fourth-order valence-electron chi connectivity index (χ4n) is 8.65. The number of furan rings is 1. The van der Waals surface area contributed by atoms with E-state index in [2.05, 4.69) is 130 Å². The van der Waals surface area contributed by atoms with Gasteiger partial charge in [-0.3, -0.25) is 0 Å². The Morgan fingerprint density at radius 1 is 0.351 bits per heavy atom. The molecular weight excluding hydrogens is 699 g/mol. The van der Waals surface area contributed by atoms with Crippen LogP contribution in [0, 0.1) is 0 Å². The molecule has 266 valence electrons. The van der Waals surface area contributed by atoms with Gasteiger partial charge in [-0.2, -0.15) is 0 Å². The van der Waals surface area contributed by atoms with Crippen molar-refractivity contribution >= 4 is 65.6 Å². The van der Waals surface area contributed by atoms with Crippen LogP contribution in [0.2, 0.25) is 0 Å². The number of rotatable bonds is 5. The molecule has 0 radical (unpaired) electrons. The summed E-state index contributed by atoms with van der Waals surface area (Å²) in [5.74, 6) is 1.88. The van der Waals surface area contributed by atoms with E-state index >= 15 is 0 Å². The standard InChI is InChI=1S/C51H31N5O/c1-4-15-32(16-5-1)49-52-50(33-17-6-2-7-18-33)54-51(53-49)34-19-14-22-36(31-34)56-42-25-12-10-23-37(42)39-29-30-43-45(46(39)56)41-28-27-40-38-24-11-13-26-44(38)57-48(40)47(41)55(43)35-20-8-3-9-21-35/h1-31H. The van der Waals surface area contributed by atoms with Crippen molar-refractivity contribution < 1.29 is 4.42 Å². The number of para-hydroxylation sites is 3. The van der Waals surface area contributed by atoms with E-state index in [1.165, 1.54) is 10.8 Å². The second-order valence-corrected chi connectivity index (χ2v) is 14.4. The van der Waals surface area contributed by atoms with Crippen LogP contribution < -0.4 is 0 Å². The lowest BCUT2D eigenvalue weighted by Gasteiger charge is -2.12. The summed E-state index contributed by atoms with van der Waals surface area (Å²) in [6.45, 7) is 0. The van der Waals surface area contributed by atoms with Crippen LogP contribution in [-0.4, -0.2) is 24.1 Å². The van der Waals surface area contributed by atoms with E-state index in [0.29, 0.717) is 17.5 Å². The molecule has 4 heterocycles. The highest BCUT2D eigenvalue weighted by atomic mass is 16.3. The van der Waals surface area contributed by atoms with Gasteiger partial charge in [-0.15, -0.1) is 0 Å². The molecule has 57 heavy (non-hydrogen) atoms. The molecule has 0 saturated carbocycles. The summed E-state index contributed by atoms with van der Waals surface area (Å²) in [6, 6.07) is 65.4. The summed E-state index contributed by atoms with van der Waals surface area (Å²) in [7, 11) is 0. The van der Waals surface area contributed by atoms with Gasteiger partial charge in [-0.1, -0.05) is 140 Å². The largest absolute Gasteiger partial charge is 0.454 e. The second-order valence-electron chi connectivity index (χ2n) is 14.4. The van der Waals surface area contributed by atoms with Gasteiger partial charge in [0.05, 0.1) is 22.1 Å². The topological polar surface area (TPSA) is 61.7 Å². The quantitative estimate of drug-likeness (QED) is 0.177. The number of hydrogen-bond donors (Lipinski definition) is 0. The Morgan fingerprint density at radius 3 is 1.63 bits per heavy atom. The lowest BCUT2D eigenvalue weighted by Crippen LogP contribution is -2.01. The Labute approximate surface area is 326 Å². The van der Waals surface area contributed by atoms with Crippen LogP contribution in [0.4, 0.5) is 0 Å². The molecule has 0 saturated heterocycles. The van der Waals surface area contributed by atoms with E-state index < -0.39 is 0 Å². The van der Waals surface area contributed by atoms with Crippen molar-refractivity contribution in [2.75, 3.05) is 0 Å². The summed E-state index contributed by atoms with van der Waals surface area (Å²) in [5.41, 5.74) is 11.0. The van der Waals surface area contributed by atoms with E-state index in [1.54, 1.807) is 0 Å². The maximum Gasteiger partial charge on any atom is 0.164 e. The van der Waals surface area contributed by atoms with E-state index in [9.17, 15) is 0 Å². The van der Waals surface area contributed by atoms with E-state index in [1.807, 2.05) is 66.7 Å². The molecule has 0 unspecified atom stereocenters. The lowest BCUT2D eigenvalue weighted by molar-refractivity contribution is 0.671. The first-order valence-electron chi connectivity index (χ1n) is 19.1. The molecule has 0 bridgehead atoms. The van der Waals surface area contributed by atoms with E-state index in [4.69, 9.17) is 19.4 Å². The summed E-state index contributed by atoms with van der Waals surface area (Å²) < 4.78 is 11.5. The van der Waals surface area contributed by atoms with Crippen molar-refractivity contribution in [1.82, 2.24) is 24.1 Å². The fourth-order valence-corrected chi connectivity index (χ4v) is 8.65. The van der Waals surface area contributed by atoms with Crippen LogP contribution in [0.3, 0.4) is 0 Å². The third-order valence-corrected chi connectivity index (χ3v) is 11.1. The lowest BCUT2D eigenvalue weighted by atomic mass is 10.1. The molecule has 0 fully saturated rings. The summed E-state index contributed by atoms with van der Waals surface area (Å²) in [6.07, 6.45) is 0.